The van der Waals surface area contributed by atoms with Gasteiger partial charge in [0.1, 0.15) is 0 Å². The molecule has 3 nitrogen and oxygen atoms in total. The lowest BCUT2D eigenvalue weighted by Crippen LogP contribution is -2.45. The van der Waals surface area contributed by atoms with Gasteiger partial charge in [0.05, 0.1) is 12.7 Å². The van der Waals surface area contributed by atoms with Gasteiger partial charge in [0.15, 0.2) is 0 Å². The molecule has 0 aliphatic heterocycles. The summed E-state index contributed by atoms with van der Waals surface area (Å²) < 4.78 is 4.72. The number of carbonyl (C=O) groups is 1. The lowest BCUT2D eigenvalue weighted by atomic mass is 9.48. The molecule has 0 N–H and O–H groups in total. The van der Waals surface area contributed by atoms with Gasteiger partial charge < -0.3 is 4.74 Å². The second kappa shape index (κ2) is 5.92. The first kappa shape index (κ1) is 15.2. The second-order valence-corrected chi connectivity index (χ2v) is 8.30. The molecule has 23 heavy (non-hydrogen) atoms. The highest BCUT2D eigenvalue weighted by atomic mass is 16.5. The van der Waals surface area contributed by atoms with E-state index in [1.807, 2.05) is 12.1 Å². The summed E-state index contributed by atoms with van der Waals surface area (Å²) in [7, 11) is 1.40. The number of carbonyl (C=O) groups excluding carboxylic acids is 1. The Morgan fingerprint density at radius 1 is 1.17 bits per heavy atom. The molecule has 3 heteroatoms. The molecule has 0 amide bonds. The van der Waals surface area contributed by atoms with E-state index in [1.165, 1.54) is 58.5 Å². The molecule has 4 aliphatic rings. The fraction of sp³-hybridized carbons (Fsp3) is 0.700. The smallest absolute Gasteiger partial charge is 0.339 e. The van der Waals surface area contributed by atoms with Crippen LogP contribution in [-0.4, -0.2) is 18.1 Å². The Bertz CT molecular complexity index is 543. The van der Waals surface area contributed by atoms with E-state index in [0.717, 1.165) is 29.9 Å². The highest BCUT2D eigenvalue weighted by Gasteiger charge is 2.50. The number of aryl methyl sites for hydroxylation is 1. The van der Waals surface area contributed by atoms with Crippen molar-refractivity contribution in [2.75, 3.05) is 7.11 Å². The molecule has 0 spiro atoms. The second-order valence-electron chi connectivity index (χ2n) is 8.30. The summed E-state index contributed by atoms with van der Waals surface area (Å²) in [5.41, 5.74) is 2.31. The summed E-state index contributed by atoms with van der Waals surface area (Å²) in [5.74, 6) is 2.81. The number of rotatable bonds is 5. The Labute approximate surface area is 138 Å². The van der Waals surface area contributed by atoms with E-state index < -0.39 is 0 Å². The molecule has 0 radical (unpaired) electrons. The van der Waals surface area contributed by atoms with Crippen LogP contribution in [-0.2, 0) is 11.2 Å². The van der Waals surface area contributed by atoms with E-state index in [-0.39, 0.29) is 5.97 Å². The number of hydrogen-bond acceptors (Lipinski definition) is 3. The van der Waals surface area contributed by atoms with Crippen molar-refractivity contribution >= 4 is 5.97 Å². The molecule has 1 heterocycles. The van der Waals surface area contributed by atoms with E-state index in [4.69, 9.17) is 4.74 Å². The molecular weight excluding hydrogens is 286 g/mol. The maximum Gasteiger partial charge on any atom is 0.339 e. The topological polar surface area (TPSA) is 39.2 Å². The Balaban J connectivity index is 1.33. The molecule has 124 valence electrons. The maximum atomic E-state index is 11.4. The van der Waals surface area contributed by atoms with Crippen LogP contribution in [0, 0.1) is 23.2 Å². The third-order valence-corrected chi connectivity index (χ3v) is 6.55. The van der Waals surface area contributed by atoms with Gasteiger partial charge >= 0.3 is 5.97 Å². The normalized spacial score (nSPS) is 34.6. The van der Waals surface area contributed by atoms with Gasteiger partial charge in [-0.1, -0.05) is 0 Å². The largest absolute Gasteiger partial charge is 0.465 e. The first-order chi connectivity index (χ1) is 11.2. The Kier molecular flexibility index (Phi) is 3.90. The lowest BCUT2D eigenvalue weighted by Gasteiger charge is -2.57. The SMILES string of the molecule is COC(=O)c1ccc(CCCC23CC4CC(CC(C4)C2)C3)nc1. The highest BCUT2D eigenvalue weighted by Crippen LogP contribution is 2.61. The fourth-order valence-corrected chi connectivity index (χ4v) is 6.05. The van der Waals surface area contributed by atoms with Crippen molar-refractivity contribution in [1.29, 1.82) is 0 Å². The van der Waals surface area contributed by atoms with E-state index >= 15 is 0 Å². The maximum absolute atomic E-state index is 11.4. The van der Waals surface area contributed by atoms with Gasteiger partial charge in [-0.2, -0.15) is 0 Å². The van der Waals surface area contributed by atoms with Gasteiger partial charge in [-0.3, -0.25) is 4.98 Å². The van der Waals surface area contributed by atoms with Gasteiger partial charge in [0.2, 0.25) is 0 Å². The van der Waals surface area contributed by atoms with Crippen molar-refractivity contribution in [3.8, 4) is 0 Å². The number of ether oxygens (including phenoxy) is 1. The van der Waals surface area contributed by atoms with Crippen molar-refractivity contribution in [3.63, 3.8) is 0 Å². The molecule has 0 saturated heterocycles. The van der Waals surface area contributed by atoms with Crippen LogP contribution < -0.4 is 0 Å². The van der Waals surface area contributed by atoms with Crippen LogP contribution in [0.4, 0.5) is 0 Å². The van der Waals surface area contributed by atoms with Gasteiger partial charge in [-0.05, 0) is 93.1 Å². The molecule has 5 rings (SSSR count). The molecule has 0 atom stereocenters. The molecule has 4 saturated carbocycles. The standard InChI is InChI=1S/C20H27NO2/c1-23-19(22)17-4-5-18(21-13-17)3-2-6-20-10-14-7-15(11-20)9-16(8-14)12-20/h4-5,13-16H,2-3,6-12H2,1H3. The van der Waals surface area contributed by atoms with Gasteiger partial charge in [0.25, 0.3) is 0 Å². The Morgan fingerprint density at radius 3 is 2.35 bits per heavy atom. The van der Waals surface area contributed by atoms with E-state index in [9.17, 15) is 4.79 Å². The van der Waals surface area contributed by atoms with Crippen molar-refractivity contribution in [2.24, 2.45) is 23.2 Å². The molecule has 1 aromatic heterocycles. The third-order valence-electron chi connectivity index (χ3n) is 6.55. The van der Waals surface area contributed by atoms with Crippen molar-refractivity contribution in [1.82, 2.24) is 4.98 Å². The quantitative estimate of drug-likeness (QED) is 0.756. The average molecular weight is 313 g/mol. The minimum atomic E-state index is -0.308. The number of hydrogen-bond donors (Lipinski definition) is 0. The summed E-state index contributed by atoms with van der Waals surface area (Å²) in [6.07, 6.45) is 14.3. The first-order valence-corrected chi connectivity index (χ1v) is 9.19. The van der Waals surface area contributed by atoms with E-state index in [2.05, 4.69) is 4.98 Å². The number of esters is 1. The summed E-state index contributed by atoms with van der Waals surface area (Å²) in [6, 6.07) is 3.81. The number of pyridine rings is 1. The number of nitrogens with zero attached hydrogens (tertiary/aromatic N) is 1. The van der Waals surface area contributed by atoms with Crippen LogP contribution in [0.25, 0.3) is 0 Å². The summed E-state index contributed by atoms with van der Waals surface area (Å²) in [5, 5.41) is 0. The molecule has 1 aromatic rings. The monoisotopic (exact) mass is 313 g/mol. The van der Waals surface area contributed by atoms with Crippen molar-refractivity contribution in [3.05, 3.63) is 29.6 Å². The van der Waals surface area contributed by atoms with Gasteiger partial charge in [0, 0.05) is 11.9 Å². The minimum absolute atomic E-state index is 0.308. The first-order valence-electron chi connectivity index (χ1n) is 9.19. The predicted molar refractivity (Wildman–Crippen MR) is 89.1 cm³/mol. The molecule has 0 unspecified atom stereocenters. The van der Waals surface area contributed by atoms with Gasteiger partial charge in [-0.15, -0.1) is 0 Å². The third kappa shape index (κ3) is 3.02. The predicted octanol–water partition coefficient (Wildman–Crippen LogP) is 4.41. The zero-order valence-corrected chi connectivity index (χ0v) is 14.1. The van der Waals surface area contributed by atoms with E-state index in [0.29, 0.717) is 11.0 Å². The molecule has 4 fully saturated rings. The number of aromatic nitrogens is 1. The van der Waals surface area contributed by atoms with Crippen molar-refractivity contribution in [2.45, 2.75) is 57.8 Å². The van der Waals surface area contributed by atoms with Crippen LogP contribution in [0.15, 0.2) is 18.3 Å². The fourth-order valence-electron chi connectivity index (χ4n) is 6.05. The highest BCUT2D eigenvalue weighted by molar-refractivity contribution is 5.88. The van der Waals surface area contributed by atoms with Crippen LogP contribution in [0.2, 0.25) is 0 Å². The lowest BCUT2D eigenvalue weighted by molar-refractivity contribution is -0.0580. The van der Waals surface area contributed by atoms with Crippen LogP contribution in [0.5, 0.6) is 0 Å². The Hall–Kier alpha value is -1.38. The average Bonchev–Trinajstić information content (AvgIpc) is 2.53. The van der Waals surface area contributed by atoms with Crippen LogP contribution >= 0.6 is 0 Å². The van der Waals surface area contributed by atoms with Crippen LogP contribution in [0.3, 0.4) is 0 Å². The van der Waals surface area contributed by atoms with E-state index in [1.54, 1.807) is 6.20 Å². The number of methoxy groups -OCH3 is 1. The van der Waals surface area contributed by atoms with Crippen molar-refractivity contribution < 1.29 is 9.53 Å². The molecule has 0 aromatic carbocycles. The summed E-state index contributed by atoms with van der Waals surface area (Å²) >= 11 is 0. The molecule has 4 aliphatic carbocycles. The molecule has 4 bridgehead atoms. The van der Waals surface area contributed by atoms with Gasteiger partial charge in [-0.25, -0.2) is 4.79 Å². The zero-order chi connectivity index (χ0) is 15.9. The Morgan fingerprint density at radius 2 is 1.83 bits per heavy atom. The minimum Gasteiger partial charge on any atom is -0.465 e. The summed E-state index contributed by atoms with van der Waals surface area (Å²) in [6.45, 7) is 0. The molecular formula is C20H27NO2. The van der Waals surface area contributed by atoms with Crippen LogP contribution in [0.1, 0.15) is 67.4 Å². The zero-order valence-electron chi connectivity index (χ0n) is 14.1. The summed E-state index contributed by atoms with van der Waals surface area (Å²) in [4.78, 5) is 15.9.